The summed E-state index contributed by atoms with van der Waals surface area (Å²) in [7, 11) is 0. The van der Waals surface area contributed by atoms with Crippen molar-refractivity contribution in [2.75, 3.05) is 5.75 Å². The van der Waals surface area contributed by atoms with Crippen LogP contribution in [0, 0.1) is 0 Å². The Morgan fingerprint density at radius 1 is 1.29 bits per heavy atom. The summed E-state index contributed by atoms with van der Waals surface area (Å²) in [5, 5.41) is 0. The second-order valence-electron chi connectivity index (χ2n) is 3.69. The Kier molecular flexibility index (Phi) is 4.38. The van der Waals surface area contributed by atoms with Gasteiger partial charge in [-0.2, -0.15) is 0 Å². The first-order valence-corrected chi connectivity index (χ1v) is 10.5. The average molecular weight is 265 g/mol. The third-order valence-electron chi connectivity index (χ3n) is 1.57. The summed E-state index contributed by atoms with van der Waals surface area (Å²) in [6.07, 6.45) is 6.78. The number of allylic oxidation sites excluding steroid dienone is 4. The van der Waals surface area contributed by atoms with Gasteiger partial charge in [0.2, 0.25) is 6.69 Å². The zero-order chi connectivity index (χ0) is 10.8. The van der Waals surface area contributed by atoms with E-state index in [1.54, 1.807) is 0 Å². The summed E-state index contributed by atoms with van der Waals surface area (Å²) in [5.41, 5.74) is 2.83. The maximum atomic E-state index is 5.43. The Morgan fingerprint density at radius 3 is 2.36 bits per heavy atom. The third-order valence-corrected chi connectivity index (χ3v) is 2.57. The first-order valence-electron chi connectivity index (χ1n) is 4.47. The van der Waals surface area contributed by atoms with Crippen LogP contribution >= 0.6 is 33.9 Å². The Bertz CT molecular complexity index is 305. The van der Waals surface area contributed by atoms with Crippen LogP contribution in [0.1, 0.15) is 6.92 Å². The molecule has 0 radical (unpaired) electrons. The molecule has 14 heavy (non-hydrogen) atoms. The van der Waals surface area contributed by atoms with Gasteiger partial charge in [0.1, 0.15) is 0 Å². The van der Waals surface area contributed by atoms with Gasteiger partial charge in [-0.05, 0) is 37.2 Å². The molecule has 2 aliphatic rings. The van der Waals surface area contributed by atoms with E-state index in [9.17, 15) is 0 Å². The van der Waals surface area contributed by atoms with Crippen molar-refractivity contribution >= 4 is 40.6 Å². The monoisotopic (exact) mass is 264 g/mol. The summed E-state index contributed by atoms with van der Waals surface area (Å²) in [6, 6.07) is 0. The topological polar surface area (TPSA) is 0 Å². The quantitative estimate of drug-likeness (QED) is 0.453. The highest BCUT2D eigenvalue weighted by Crippen LogP contribution is 2.37. The van der Waals surface area contributed by atoms with Gasteiger partial charge < -0.3 is 0 Å². The fourth-order valence-electron chi connectivity index (χ4n) is 1.15. The smallest absolute Gasteiger partial charge is 0.146 e. The van der Waals surface area contributed by atoms with Crippen molar-refractivity contribution in [1.29, 1.82) is 0 Å². The zero-order valence-electron chi connectivity index (χ0n) is 8.60. The van der Waals surface area contributed by atoms with Crippen LogP contribution in [0.15, 0.2) is 34.3 Å². The van der Waals surface area contributed by atoms with Gasteiger partial charge in [0.15, 0.2) is 0 Å². The second-order valence-corrected chi connectivity index (χ2v) is 13.7. The fraction of sp³-hybridized carbons (Fsp3) is 0.400. The minimum absolute atomic E-state index is 1.17. The fourth-order valence-corrected chi connectivity index (χ4v) is 2.17. The highest BCUT2D eigenvalue weighted by molar-refractivity contribution is 8.03. The minimum atomic E-state index is -1.67. The summed E-state index contributed by atoms with van der Waals surface area (Å²) in [4.78, 5) is 1.47. The lowest BCUT2D eigenvalue weighted by Crippen LogP contribution is -2.02. The van der Waals surface area contributed by atoms with Crippen LogP contribution in [0.2, 0.25) is 13.1 Å². The predicted molar refractivity (Wildman–Crippen MR) is 71.6 cm³/mol. The highest BCUT2D eigenvalue weighted by Gasteiger charge is 2.13. The van der Waals surface area contributed by atoms with E-state index in [2.05, 4.69) is 25.2 Å². The first-order chi connectivity index (χ1) is 6.36. The minimum Gasteiger partial charge on any atom is -0.146 e. The number of hydrogen-bond donors (Lipinski definition) is 0. The number of hydrogen-bond acceptors (Lipinski definition) is 1. The van der Waals surface area contributed by atoms with Gasteiger partial charge in [-0.1, -0.05) is 12.2 Å². The molecular formula is C10H14Cl2SSi. The molecular weight excluding hydrogens is 251 g/mol. The maximum absolute atomic E-state index is 5.43. The zero-order valence-corrected chi connectivity index (χ0v) is 11.9. The number of thioether (sulfide) groups is 1. The van der Waals surface area contributed by atoms with Crippen molar-refractivity contribution in [2.24, 2.45) is 0 Å². The van der Waals surface area contributed by atoms with Gasteiger partial charge in [-0.3, -0.25) is 0 Å². The Balaban J connectivity index is 0.000000171. The van der Waals surface area contributed by atoms with Crippen LogP contribution in [0.5, 0.6) is 0 Å². The third kappa shape index (κ3) is 4.74. The summed E-state index contributed by atoms with van der Waals surface area (Å²) < 4.78 is 0. The van der Waals surface area contributed by atoms with Crippen LogP contribution in [0.4, 0.5) is 0 Å². The van der Waals surface area contributed by atoms with Crippen molar-refractivity contribution in [3.63, 3.8) is 0 Å². The van der Waals surface area contributed by atoms with Gasteiger partial charge >= 0.3 is 0 Å². The van der Waals surface area contributed by atoms with Gasteiger partial charge in [-0.25, -0.2) is 0 Å². The first kappa shape index (κ1) is 12.4. The van der Waals surface area contributed by atoms with Gasteiger partial charge in [0, 0.05) is 10.7 Å². The molecule has 0 aromatic rings. The van der Waals surface area contributed by atoms with Gasteiger partial charge in [0.05, 0.1) is 0 Å². The van der Waals surface area contributed by atoms with Crippen molar-refractivity contribution < 1.29 is 0 Å². The Labute approximate surface area is 100 Å². The lowest BCUT2D eigenvalue weighted by Gasteiger charge is -1.93. The van der Waals surface area contributed by atoms with E-state index >= 15 is 0 Å². The van der Waals surface area contributed by atoms with E-state index < -0.39 is 6.69 Å². The van der Waals surface area contributed by atoms with E-state index in [-0.39, 0.29) is 0 Å². The molecule has 78 valence electrons. The molecule has 0 aromatic carbocycles. The molecule has 0 unspecified atom stereocenters. The van der Waals surface area contributed by atoms with Crippen LogP contribution in [-0.2, 0) is 0 Å². The van der Waals surface area contributed by atoms with E-state index in [1.807, 2.05) is 24.9 Å². The van der Waals surface area contributed by atoms with Crippen LogP contribution in [0.25, 0.3) is 0 Å². The van der Waals surface area contributed by atoms with Crippen LogP contribution in [0.3, 0.4) is 0 Å². The SMILES string of the molecule is CC1=CC2=CCSC2=C1.C[Si](C)(Cl)Cl. The molecule has 1 heterocycles. The number of fused-ring (bicyclic) bond motifs is 1. The summed E-state index contributed by atoms with van der Waals surface area (Å²) in [6.45, 7) is 4.19. The van der Waals surface area contributed by atoms with Crippen molar-refractivity contribution in [3.05, 3.63) is 34.3 Å². The van der Waals surface area contributed by atoms with Gasteiger partial charge in [-0.15, -0.1) is 33.9 Å². The molecule has 4 heteroatoms. The summed E-state index contributed by atoms with van der Waals surface area (Å²) in [5.74, 6) is 1.17. The van der Waals surface area contributed by atoms with Crippen LogP contribution < -0.4 is 0 Å². The Hall–Kier alpha value is 0.367. The van der Waals surface area contributed by atoms with E-state index in [0.29, 0.717) is 0 Å². The molecule has 0 spiro atoms. The maximum Gasteiger partial charge on any atom is 0.245 e. The molecule has 1 aliphatic carbocycles. The second kappa shape index (κ2) is 4.93. The molecule has 0 aromatic heterocycles. The molecule has 0 nitrogen and oxygen atoms in total. The lowest BCUT2D eigenvalue weighted by molar-refractivity contribution is 1.56. The van der Waals surface area contributed by atoms with Crippen molar-refractivity contribution in [3.8, 4) is 0 Å². The molecule has 0 N–H and O–H groups in total. The largest absolute Gasteiger partial charge is 0.245 e. The predicted octanol–water partition coefficient (Wildman–Crippen LogP) is 4.67. The molecule has 0 saturated heterocycles. The lowest BCUT2D eigenvalue weighted by atomic mass is 10.3. The molecule has 0 atom stereocenters. The van der Waals surface area contributed by atoms with Crippen molar-refractivity contribution in [1.82, 2.24) is 0 Å². The molecule has 1 aliphatic heterocycles. The normalized spacial score (nSPS) is 19.1. The standard InChI is InChI=1S/C8H8S.C2H6Cl2Si/c1-6-4-7-2-3-9-8(7)5-6;1-5(2,3)4/h2,4-5H,3H2,1H3;1-2H3. The van der Waals surface area contributed by atoms with E-state index in [1.165, 1.54) is 21.8 Å². The van der Waals surface area contributed by atoms with Crippen molar-refractivity contribution in [2.45, 2.75) is 20.0 Å². The molecule has 0 amide bonds. The molecule has 0 saturated carbocycles. The van der Waals surface area contributed by atoms with Crippen LogP contribution in [-0.4, -0.2) is 12.4 Å². The number of rotatable bonds is 0. The van der Waals surface area contributed by atoms with E-state index in [4.69, 9.17) is 22.2 Å². The molecule has 0 fully saturated rings. The average Bonchev–Trinajstić information content (AvgIpc) is 2.40. The summed E-state index contributed by atoms with van der Waals surface area (Å²) >= 11 is 12.8. The Morgan fingerprint density at radius 2 is 1.86 bits per heavy atom. The molecule has 0 bridgehead atoms. The highest BCUT2D eigenvalue weighted by atomic mass is 35.7. The number of halogens is 2. The van der Waals surface area contributed by atoms with Gasteiger partial charge in [0.25, 0.3) is 0 Å². The molecule has 2 rings (SSSR count). The van der Waals surface area contributed by atoms with E-state index in [0.717, 1.165) is 0 Å².